The first kappa shape index (κ1) is 22.9. The van der Waals surface area contributed by atoms with E-state index in [4.69, 9.17) is 28.9 Å². The SMILES string of the molecule is Cn1c(Sc2ccccc2Cl)c(C=C2SC(=S)N(CCCC(=O)O)C2=O)c2ccccc21. The highest BCUT2D eigenvalue weighted by Gasteiger charge is 2.32. The van der Waals surface area contributed by atoms with Gasteiger partial charge in [0.05, 0.1) is 15.0 Å². The second-order valence-corrected chi connectivity index (χ2v) is 10.3. The van der Waals surface area contributed by atoms with E-state index in [9.17, 15) is 9.59 Å². The van der Waals surface area contributed by atoms with Crippen LogP contribution in [-0.2, 0) is 16.6 Å². The number of carboxylic acids is 1. The quantitative estimate of drug-likeness (QED) is 0.313. The van der Waals surface area contributed by atoms with Crippen LogP contribution in [0.4, 0.5) is 0 Å². The molecule has 0 atom stereocenters. The van der Waals surface area contributed by atoms with E-state index in [0.717, 1.165) is 26.4 Å². The molecule has 0 aliphatic carbocycles. The Balaban J connectivity index is 1.73. The molecule has 0 unspecified atom stereocenters. The van der Waals surface area contributed by atoms with Gasteiger partial charge in [-0.25, -0.2) is 0 Å². The monoisotopic (exact) mass is 502 g/mol. The van der Waals surface area contributed by atoms with Crippen LogP contribution < -0.4 is 0 Å². The van der Waals surface area contributed by atoms with Crippen LogP contribution in [0.5, 0.6) is 0 Å². The summed E-state index contributed by atoms with van der Waals surface area (Å²) in [4.78, 5) is 26.8. The molecular weight excluding hydrogens is 484 g/mol. The minimum Gasteiger partial charge on any atom is -0.481 e. The molecule has 0 spiro atoms. The van der Waals surface area contributed by atoms with Crippen LogP contribution in [0.2, 0.25) is 5.02 Å². The van der Waals surface area contributed by atoms with Crippen molar-refractivity contribution < 1.29 is 14.7 Å². The first-order valence-corrected chi connectivity index (χ1v) is 12.3. The van der Waals surface area contributed by atoms with Gasteiger partial charge < -0.3 is 9.67 Å². The first-order valence-electron chi connectivity index (χ1n) is 9.83. The van der Waals surface area contributed by atoms with Gasteiger partial charge in [0.15, 0.2) is 0 Å². The third-order valence-corrected chi connectivity index (χ3v) is 8.14. The molecule has 0 bridgehead atoms. The molecule has 2 heterocycles. The summed E-state index contributed by atoms with van der Waals surface area (Å²) in [5.41, 5.74) is 1.98. The summed E-state index contributed by atoms with van der Waals surface area (Å²) in [7, 11) is 2.00. The van der Waals surface area contributed by atoms with Crippen molar-refractivity contribution in [2.75, 3.05) is 6.54 Å². The molecule has 2 aromatic carbocycles. The summed E-state index contributed by atoms with van der Waals surface area (Å²) in [6, 6.07) is 15.7. The molecule has 0 saturated carbocycles. The van der Waals surface area contributed by atoms with Crippen LogP contribution in [0.3, 0.4) is 0 Å². The zero-order valence-corrected chi connectivity index (χ0v) is 20.3. The molecule has 1 aromatic heterocycles. The minimum atomic E-state index is -0.886. The van der Waals surface area contributed by atoms with E-state index in [1.54, 1.807) is 11.8 Å². The molecule has 4 rings (SSSR count). The van der Waals surface area contributed by atoms with Crippen molar-refractivity contribution >= 4 is 80.5 Å². The Morgan fingerprint density at radius 1 is 1.22 bits per heavy atom. The highest BCUT2D eigenvalue weighted by molar-refractivity contribution is 8.26. The molecule has 9 heteroatoms. The number of thiocarbonyl (C=S) groups is 1. The Morgan fingerprint density at radius 2 is 1.94 bits per heavy atom. The molecule has 1 amide bonds. The predicted octanol–water partition coefficient (Wildman–Crippen LogP) is 6.05. The maximum atomic E-state index is 13.0. The number of hydrogen-bond donors (Lipinski definition) is 1. The Labute approximate surface area is 204 Å². The van der Waals surface area contributed by atoms with Crippen molar-refractivity contribution in [1.29, 1.82) is 0 Å². The van der Waals surface area contributed by atoms with E-state index in [0.29, 0.717) is 27.2 Å². The van der Waals surface area contributed by atoms with Gasteiger partial charge in [-0.05, 0) is 30.7 Å². The van der Waals surface area contributed by atoms with Crippen molar-refractivity contribution in [3.05, 3.63) is 64.0 Å². The van der Waals surface area contributed by atoms with Gasteiger partial charge in [-0.2, -0.15) is 0 Å². The lowest BCUT2D eigenvalue weighted by Crippen LogP contribution is -2.29. The number of aromatic nitrogens is 1. The Kier molecular flexibility index (Phi) is 6.95. The van der Waals surface area contributed by atoms with Gasteiger partial charge in [0, 0.05) is 41.4 Å². The Morgan fingerprint density at radius 3 is 2.69 bits per heavy atom. The standard InChI is InChI=1S/C23H19ClN2O3S3/c1-25-17-9-4-2-7-14(17)15(22(25)31-18-10-5-3-8-16(18)24)13-19-21(29)26(23(30)32-19)12-6-11-20(27)28/h2-5,7-10,13H,6,11-12H2,1H3,(H,27,28). The number of halogens is 1. The Bertz CT molecular complexity index is 1270. The van der Waals surface area contributed by atoms with Gasteiger partial charge in [-0.3, -0.25) is 14.5 Å². The highest BCUT2D eigenvalue weighted by Crippen LogP contribution is 2.42. The molecule has 164 valence electrons. The number of nitrogens with zero attached hydrogens (tertiary/aromatic N) is 2. The molecular formula is C23H19ClN2O3S3. The number of para-hydroxylation sites is 1. The fourth-order valence-corrected chi connectivity index (χ4v) is 6.08. The number of fused-ring (bicyclic) bond motifs is 1. The zero-order chi connectivity index (χ0) is 22.8. The lowest BCUT2D eigenvalue weighted by atomic mass is 10.1. The molecule has 1 fully saturated rings. The lowest BCUT2D eigenvalue weighted by Gasteiger charge is -2.13. The van der Waals surface area contributed by atoms with Crippen LogP contribution in [0.1, 0.15) is 18.4 Å². The van der Waals surface area contributed by atoms with E-state index in [2.05, 4.69) is 4.57 Å². The summed E-state index contributed by atoms with van der Waals surface area (Å²) < 4.78 is 2.55. The first-order chi connectivity index (χ1) is 15.4. The number of hydrogen-bond acceptors (Lipinski definition) is 5. The van der Waals surface area contributed by atoms with Gasteiger partial charge in [0.25, 0.3) is 5.91 Å². The summed E-state index contributed by atoms with van der Waals surface area (Å²) in [5, 5.41) is 11.5. The maximum Gasteiger partial charge on any atom is 0.303 e. The zero-order valence-electron chi connectivity index (χ0n) is 17.1. The fraction of sp³-hybridized carbons (Fsp3) is 0.174. The van der Waals surface area contributed by atoms with Crippen molar-refractivity contribution in [1.82, 2.24) is 9.47 Å². The average Bonchev–Trinajstić information content (AvgIpc) is 3.18. The minimum absolute atomic E-state index is 0.00193. The number of aliphatic carboxylic acids is 1. The lowest BCUT2D eigenvalue weighted by molar-refractivity contribution is -0.137. The topological polar surface area (TPSA) is 62.5 Å². The van der Waals surface area contributed by atoms with Gasteiger partial charge in [0.1, 0.15) is 4.32 Å². The van der Waals surface area contributed by atoms with Gasteiger partial charge >= 0.3 is 5.97 Å². The third kappa shape index (κ3) is 4.59. The number of thioether (sulfide) groups is 1. The molecule has 1 saturated heterocycles. The Hall–Kier alpha value is -2.26. The summed E-state index contributed by atoms with van der Waals surface area (Å²) in [5.74, 6) is -1.07. The number of benzene rings is 2. The van der Waals surface area contributed by atoms with Gasteiger partial charge in [-0.15, -0.1) is 0 Å². The number of carbonyl (C=O) groups is 2. The molecule has 1 aliphatic rings. The van der Waals surface area contributed by atoms with E-state index in [1.165, 1.54) is 16.7 Å². The number of carboxylic acid groups (broad SMARTS) is 1. The van der Waals surface area contributed by atoms with Crippen LogP contribution in [0, 0.1) is 0 Å². The summed E-state index contributed by atoms with van der Waals surface area (Å²) in [6.07, 6.45) is 2.24. The van der Waals surface area contributed by atoms with E-state index in [-0.39, 0.29) is 12.3 Å². The molecule has 1 N–H and O–H groups in total. The third-order valence-electron chi connectivity index (χ3n) is 5.06. The van der Waals surface area contributed by atoms with E-state index in [1.807, 2.05) is 61.7 Å². The number of rotatable bonds is 7. The average molecular weight is 503 g/mol. The fourth-order valence-electron chi connectivity index (χ4n) is 3.51. The summed E-state index contributed by atoms with van der Waals surface area (Å²) >= 11 is 14.6. The molecule has 1 aliphatic heterocycles. The molecule has 32 heavy (non-hydrogen) atoms. The van der Waals surface area contributed by atoms with E-state index >= 15 is 0 Å². The number of carbonyl (C=O) groups excluding carboxylic acids is 1. The second kappa shape index (κ2) is 9.70. The number of aryl methyl sites for hydroxylation is 1. The second-order valence-electron chi connectivity index (χ2n) is 7.16. The van der Waals surface area contributed by atoms with Crippen LogP contribution >= 0.6 is 47.3 Å². The largest absolute Gasteiger partial charge is 0.481 e. The van der Waals surface area contributed by atoms with Crippen LogP contribution in [0.15, 0.2) is 63.4 Å². The number of amides is 1. The molecule has 5 nitrogen and oxygen atoms in total. The van der Waals surface area contributed by atoms with E-state index < -0.39 is 5.97 Å². The van der Waals surface area contributed by atoms with Crippen molar-refractivity contribution in [2.24, 2.45) is 7.05 Å². The van der Waals surface area contributed by atoms with Gasteiger partial charge in [0.2, 0.25) is 0 Å². The van der Waals surface area contributed by atoms with Crippen molar-refractivity contribution in [3.63, 3.8) is 0 Å². The molecule has 3 aromatic rings. The van der Waals surface area contributed by atoms with Crippen LogP contribution in [0.25, 0.3) is 17.0 Å². The smallest absolute Gasteiger partial charge is 0.303 e. The molecule has 0 radical (unpaired) electrons. The highest BCUT2D eigenvalue weighted by atomic mass is 35.5. The predicted molar refractivity (Wildman–Crippen MR) is 135 cm³/mol. The van der Waals surface area contributed by atoms with Crippen molar-refractivity contribution in [2.45, 2.75) is 22.8 Å². The van der Waals surface area contributed by atoms with Crippen molar-refractivity contribution in [3.8, 4) is 0 Å². The van der Waals surface area contributed by atoms with Gasteiger partial charge in [-0.1, -0.05) is 77.7 Å². The normalized spacial score (nSPS) is 15.3. The maximum absolute atomic E-state index is 13.0. The summed E-state index contributed by atoms with van der Waals surface area (Å²) in [6.45, 7) is 0.297. The van der Waals surface area contributed by atoms with Crippen LogP contribution in [-0.4, -0.2) is 37.3 Å².